The van der Waals surface area contributed by atoms with Gasteiger partial charge in [-0.3, -0.25) is 4.99 Å². The minimum Gasteiger partial charge on any atom is -0.382 e. The van der Waals surface area contributed by atoms with Crippen molar-refractivity contribution in [2.75, 3.05) is 33.4 Å². The van der Waals surface area contributed by atoms with Crippen molar-refractivity contribution in [1.82, 2.24) is 15.6 Å². The van der Waals surface area contributed by atoms with Crippen LogP contribution in [0.15, 0.2) is 23.3 Å². The molecule has 2 rings (SSSR count). The molecule has 0 aliphatic heterocycles. The van der Waals surface area contributed by atoms with Gasteiger partial charge in [0.25, 0.3) is 0 Å². The summed E-state index contributed by atoms with van der Waals surface area (Å²) in [6.07, 6.45) is 9.04. The van der Waals surface area contributed by atoms with E-state index in [-0.39, 0.29) is 24.0 Å². The maximum Gasteiger partial charge on any atom is 0.191 e. The summed E-state index contributed by atoms with van der Waals surface area (Å²) in [5.74, 6) is 0.865. The van der Waals surface area contributed by atoms with Gasteiger partial charge >= 0.3 is 0 Å². The van der Waals surface area contributed by atoms with Crippen LogP contribution < -0.4 is 10.6 Å². The fourth-order valence-corrected chi connectivity index (χ4v) is 3.56. The molecule has 0 amide bonds. The number of hydrogen-bond donors (Lipinski definition) is 2. The number of aliphatic imine (C=N–C) groups is 1. The quantitative estimate of drug-likeness (QED) is 0.179. The van der Waals surface area contributed by atoms with E-state index in [0.717, 1.165) is 50.7 Å². The zero-order chi connectivity index (χ0) is 18.0. The summed E-state index contributed by atoms with van der Waals surface area (Å²) in [7, 11) is 1.82. The molecule has 1 aromatic rings. The van der Waals surface area contributed by atoms with E-state index in [1.54, 1.807) is 0 Å². The predicted molar refractivity (Wildman–Crippen MR) is 120 cm³/mol. The Morgan fingerprint density at radius 2 is 2.08 bits per heavy atom. The number of guanidine groups is 1. The lowest BCUT2D eigenvalue weighted by atomic mass is 9.83. The Morgan fingerprint density at radius 3 is 2.69 bits per heavy atom. The molecule has 0 aromatic carbocycles. The molecule has 1 aliphatic rings. The third kappa shape index (κ3) is 7.96. The number of nitrogens with zero attached hydrogens (tertiary/aromatic N) is 2. The van der Waals surface area contributed by atoms with Crippen molar-refractivity contribution in [1.29, 1.82) is 0 Å². The van der Waals surface area contributed by atoms with Crippen molar-refractivity contribution in [3.8, 4) is 0 Å². The van der Waals surface area contributed by atoms with Gasteiger partial charge in [0.2, 0.25) is 0 Å². The molecular weight excluding hydrogens is 463 g/mol. The lowest BCUT2D eigenvalue weighted by Crippen LogP contribution is -2.44. The van der Waals surface area contributed by atoms with Crippen LogP contribution in [0.5, 0.6) is 0 Å². The Balaban J connectivity index is 0.00000338. The standard InChI is InChI=1S/C19H31ClN4O.HI/c1-3-25-13-11-19(9-4-5-10-19)15-24-18(21-2)22-12-8-16-6-7-17(20)23-14-16;/h6-7,14H,3-5,8-13,15H2,1-2H3,(H2,21,22,24);1H. The molecule has 0 atom stereocenters. The van der Waals surface area contributed by atoms with Gasteiger partial charge in [0, 0.05) is 39.5 Å². The van der Waals surface area contributed by atoms with Crippen LogP contribution in [0.1, 0.15) is 44.6 Å². The summed E-state index contributed by atoms with van der Waals surface area (Å²) in [4.78, 5) is 8.46. The fourth-order valence-electron chi connectivity index (χ4n) is 3.44. The average Bonchev–Trinajstić information content (AvgIpc) is 3.09. The highest BCUT2D eigenvalue weighted by atomic mass is 127. The highest BCUT2D eigenvalue weighted by Gasteiger charge is 2.33. The van der Waals surface area contributed by atoms with Crippen LogP contribution in [0.4, 0.5) is 0 Å². The van der Waals surface area contributed by atoms with Gasteiger partial charge in [-0.2, -0.15) is 0 Å². The topological polar surface area (TPSA) is 58.5 Å². The van der Waals surface area contributed by atoms with Gasteiger partial charge in [-0.25, -0.2) is 4.98 Å². The van der Waals surface area contributed by atoms with Crippen molar-refractivity contribution in [2.24, 2.45) is 10.4 Å². The zero-order valence-electron chi connectivity index (χ0n) is 15.9. The van der Waals surface area contributed by atoms with Gasteiger partial charge in [0.1, 0.15) is 5.15 Å². The molecular formula is C19H32ClIN4O. The first kappa shape index (κ1) is 23.4. The van der Waals surface area contributed by atoms with Gasteiger partial charge in [-0.05, 0) is 49.7 Å². The van der Waals surface area contributed by atoms with Crippen LogP contribution in [0.3, 0.4) is 0 Å². The lowest BCUT2D eigenvalue weighted by molar-refractivity contribution is 0.105. The van der Waals surface area contributed by atoms with Gasteiger partial charge in [0.05, 0.1) is 0 Å². The molecule has 1 heterocycles. The van der Waals surface area contributed by atoms with Crippen molar-refractivity contribution >= 4 is 41.5 Å². The molecule has 1 fully saturated rings. The van der Waals surface area contributed by atoms with Crippen LogP contribution in [0, 0.1) is 5.41 Å². The van der Waals surface area contributed by atoms with Gasteiger partial charge < -0.3 is 15.4 Å². The van der Waals surface area contributed by atoms with E-state index in [2.05, 4.69) is 27.5 Å². The molecule has 7 heteroatoms. The molecule has 1 aromatic heterocycles. The first-order chi connectivity index (χ1) is 12.2. The molecule has 26 heavy (non-hydrogen) atoms. The second kappa shape index (κ2) is 12.7. The predicted octanol–water partition coefficient (Wildman–Crippen LogP) is 4.05. The number of rotatable bonds is 9. The zero-order valence-corrected chi connectivity index (χ0v) is 19.0. The van der Waals surface area contributed by atoms with E-state index >= 15 is 0 Å². The Morgan fingerprint density at radius 1 is 1.31 bits per heavy atom. The maximum atomic E-state index is 5.82. The molecule has 0 spiro atoms. The smallest absolute Gasteiger partial charge is 0.191 e. The third-order valence-corrected chi connectivity index (χ3v) is 5.22. The number of aromatic nitrogens is 1. The average molecular weight is 495 g/mol. The monoisotopic (exact) mass is 494 g/mol. The third-order valence-electron chi connectivity index (χ3n) is 4.99. The molecule has 2 N–H and O–H groups in total. The van der Waals surface area contributed by atoms with Crippen molar-refractivity contribution in [3.63, 3.8) is 0 Å². The van der Waals surface area contributed by atoms with E-state index in [0.29, 0.717) is 10.6 Å². The molecule has 5 nitrogen and oxygen atoms in total. The maximum absolute atomic E-state index is 5.82. The molecule has 0 radical (unpaired) electrons. The van der Waals surface area contributed by atoms with E-state index in [9.17, 15) is 0 Å². The second-order valence-electron chi connectivity index (χ2n) is 6.75. The van der Waals surface area contributed by atoms with E-state index in [1.807, 2.05) is 25.4 Å². The number of hydrogen-bond acceptors (Lipinski definition) is 3. The molecule has 148 valence electrons. The van der Waals surface area contributed by atoms with Gasteiger partial charge in [0.15, 0.2) is 5.96 Å². The largest absolute Gasteiger partial charge is 0.382 e. The van der Waals surface area contributed by atoms with Crippen LogP contribution in [0.2, 0.25) is 5.15 Å². The number of nitrogens with one attached hydrogen (secondary N) is 2. The first-order valence-electron chi connectivity index (χ1n) is 9.30. The van der Waals surface area contributed by atoms with Crippen LogP contribution in [0.25, 0.3) is 0 Å². The van der Waals surface area contributed by atoms with Crippen LogP contribution in [-0.4, -0.2) is 44.3 Å². The summed E-state index contributed by atoms with van der Waals surface area (Å²) in [6, 6.07) is 3.83. The molecule has 0 saturated heterocycles. The Labute approximate surface area is 179 Å². The minimum absolute atomic E-state index is 0. The SMILES string of the molecule is CCOCCC1(CNC(=NC)NCCc2ccc(Cl)nc2)CCCC1.I. The number of halogens is 2. The van der Waals surface area contributed by atoms with E-state index in [4.69, 9.17) is 16.3 Å². The Hall–Kier alpha value is -0.600. The highest BCUT2D eigenvalue weighted by Crippen LogP contribution is 2.40. The summed E-state index contributed by atoms with van der Waals surface area (Å²) < 4.78 is 5.59. The van der Waals surface area contributed by atoms with Gasteiger partial charge in [-0.1, -0.05) is 30.5 Å². The molecule has 0 unspecified atom stereocenters. The fraction of sp³-hybridized carbons (Fsp3) is 0.684. The molecule has 0 bridgehead atoms. The summed E-state index contributed by atoms with van der Waals surface area (Å²) in [6.45, 7) is 5.48. The van der Waals surface area contributed by atoms with Crippen LogP contribution in [-0.2, 0) is 11.2 Å². The normalized spacial score (nSPS) is 16.2. The van der Waals surface area contributed by atoms with E-state index < -0.39 is 0 Å². The van der Waals surface area contributed by atoms with E-state index in [1.165, 1.54) is 25.7 Å². The number of pyridine rings is 1. The van der Waals surface area contributed by atoms with Crippen molar-refractivity contribution in [3.05, 3.63) is 29.0 Å². The second-order valence-corrected chi connectivity index (χ2v) is 7.13. The summed E-state index contributed by atoms with van der Waals surface area (Å²) >= 11 is 5.82. The van der Waals surface area contributed by atoms with Crippen molar-refractivity contribution < 1.29 is 4.74 Å². The Bertz CT molecular complexity index is 533. The minimum atomic E-state index is 0. The molecule has 1 aliphatic carbocycles. The van der Waals surface area contributed by atoms with Crippen LogP contribution >= 0.6 is 35.6 Å². The first-order valence-corrected chi connectivity index (χ1v) is 9.68. The molecule has 1 saturated carbocycles. The van der Waals surface area contributed by atoms with Crippen molar-refractivity contribution in [2.45, 2.75) is 45.4 Å². The lowest BCUT2D eigenvalue weighted by Gasteiger charge is -2.30. The Kier molecular flexibility index (Phi) is 11.5. The van der Waals surface area contributed by atoms with Gasteiger partial charge in [-0.15, -0.1) is 24.0 Å². The summed E-state index contributed by atoms with van der Waals surface area (Å²) in [5.41, 5.74) is 1.52. The summed E-state index contributed by atoms with van der Waals surface area (Å²) in [5, 5.41) is 7.44. The number of ether oxygens (including phenoxy) is 1. The highest BCUT2D eigenvalue weighted by molar-refractivity contribution is 14.0.